The fourth-order valence-electron chi connectivity index (χ4n) is 5.29. The number of ether oxygens (including phenoxy) is 4. The van der Waals surface area contributed by atoms with Crippen LogP contribution in [0, 0.1) is 0 Å². The highest BCUT2D eigenvalue weighted by Gasteiger charge is 2.38. The Morgan fingerprint density at radius 3 is 1.78 bits per heavy atom. The lowest BCUT2D eigenvalue weighted by Crippen LogP contribution is -2.41. The molecule has 0 spiro atoms. The molecule has 0 aliphatic carbocycles. The van der Waals surface area contributed by atoms with Gasteiger partial charge in [0.15, 0.2) is 0 Å². The van der Waals surface area contributed by atoms with E-state index in [4.69, 9.17) is 18.9 Å². The number of anilines is 4. The van der Waals surface area contributed by atoms with Crippen molar-refractivity contribution in [1.29, 1.82) is 0 Å². The second kappa shape index (κ2) is 11.6. The van der Waals surface area contributed by atoms with Crippen molar-refractivity contribution in [2.45, 2.75) is 12.2 Å². The number of amides is 4. The molecule has 4 aliphatic heterocycles. The van der Waals surface area contributed by atoms with E-state index >= 15 is 0 Å². The first kappa shape index (κ1) is 26.8. The van der Waals surface area contributed by atoms with E-state index in [2.05, 4.69) is 5.32 Å². The Labute approximate surface area is 236 Å². The van der Waals surface area contributed by atoms with Crippen molar-refractivity contribution in [3.8, 4) is 0 Å². The lowest BCUT2D eigenvalue weighted by molar-refractivity contribution is -0.126. The van der Waals surface area contributed by atoms with E-state index in [0.29, 0.717) is 51.6 Å². The van der Waals surface area contributed by atoms with E-state index in [9.17, 15) is 19.2 Å². The fraction of sp³-hybridized carbons (Fsp3) is 0.429. The molecule has 0 saturated carbocycles. The molecule has 4 fully saturated rings. The molecule has 41 heavy (non-hydrogen) atoms. The highest BCUT2D eigenvalue weighted by atomic mass is 16.6. The van der Waals surface area contributed by atoms with Gasteiger partial charge in [-0.25, -0.2) is 9.59 Å². The molecule has 0 bridgehead atoms. The minimum absolute atomic E-state index is 0.0589. The third-order valence-electron chi connectivity index (χ3n) is 7.41. The Hall–Kier alpha value is -4.36. The first-order chi connectivity index (χ1) is 19.9. The molecule has 2 aromatic rings. The van der Waals surface area contributed by atoms with Crippen LogP contribution in [0.15, 0.2) is 48.5 Å². The first-order valence-corrected chi connectivity index (χ1v) is 13.6. The highest BCUT2D eigenvalue weighted by Crippen LogP contribution is 2.27. The number of nitrogens with one attached hydrogen (secondary N) is 1. The van der Waals surface area contributed by atoms with Gasteiger partial charge in [0, 0.05) is 35.8 Å². The van der Waals surface area contributed by atoms with Crippen molar-refractivity contribution in [3.05, 3.63) is 48.5 Å². The van der Waals surface area contributed by atoms with Crippen LogP contribution in [0.5, 0.6) is 0 Å². The van der Waals surface area contributed by atoms with Crippen LogP contribution in [0.3, 0.4) is 0 Å². The molecule has 0 radical (unpaired) electrons. The molecule has 13 heteroatoms. The summed E-state index contributed by atoms with van der Waals surface area (Å²) in [6.45, 7) is 3.44. The summed E-state index contributed by atoms with van der Waals surface area (Å²) in [5, 5.41) is 3.27. The standard InChI is InChI=1S/C28H31N5O8/c34-25-17-38-11-9-31(25)20-3-1-19(2-4-20)29-13-23-14-30(27(36)40-23)15-24-16-33(28(37)41-24)22-7-5-21(6-8-22)32-10-12-39-18-26(32)35/h1-8,23-24,29H,9-18H2. The van der Waals surface area contributed by atoms with Gasteiger partial charge in [-0.15, -0.1) is 0 Å². The molecule has 4 aliphatic rings. The van der Waals surface area contributed by atoms with Crippen molar-refractivity contribution in [2.75, 3.05) is 85.7 Å². The largest absolute Gasteiger partial charge is 0.442 e. The van der Waals surface area contributed by atoms with Crippen LogP contribution >= 0.6 is 0 Å². The van der Waals surface area contributed by atoms with Crippen LogP contribution in [0.25, 0.3) is 0 Å². The molecular weight excluding hydrogens is 534 g/mol. The van der Waals surface area contributed by atoms with Gasteiger partial charge in [-0.3, -0.25) is 14.5 Å². The summed E-state index contributed by atoms with van der Waals surface area (Å²) in [5.74, 6) is -0.166. The molecule has 4 amide bonds. The molecule has 2 atom stereocenters. The average molecular weight is 566 g/mol. The second-order valence-electron chi connectivity index (χ2n) is 10.2. The summed E-state index contributed by atoms with van der Waals surface area (Å²) in [6.07, 6.45) is -1.81. The maximum atomic E-state index is 12.6. The molecule has 0 aromatic heterocycles. The van der Waals surface area contributed by atoms with Crippen molar-refractivity contribution in [2.24, 2.45) is 0 Å². The summed E-state index contributed by atoms with van der Waals surface area (Å²) in [6, 6.07) is 14.6. The van der Waals surface area contributed by atoms with Crippen LogP contribution in [0.4, 0.5) is 32.3 Å². The molecule has 2 unspecified atom stereocenters. The Kier molecular flexibility index (Phi) is 7.61. The van der Waals surface area contributed by atoms with Crippen LogP contribution in [0.1, 0.15) is 0 Å². The number of carbonyl (C=O) groups is 4. The highest BCUT2D eigenvalue weighted by molar-refractivity contribution is 5.96. The predicted octanol–water partition coefficient (Wildman–Crippen LogP) is 1.67. The van der Waals surface area contributed by atoms with Crippen LogP contribution < -0.4 is 20.0 Å². The number of benzene rings is 2. The van der Waals surface area contributed by atoms with Crippen molar-refractivity contribution < 1.29 is 38.1 Å². The van der Waals surface area contributed by atoms with Gasteiger partial charge in [-0.05, 0) is 48.5 Å². The molecule has 4 saturated heterocycles. The van der Waals surface area contributed by atoms with Gasteiger partial charge in [0.2, 0.25) is 0 Å². The molecule has 2 aromatic carbocycles. The Morgan fingerprint density at radius 1 is 0.659 bits per heavy atom. The summed E-state index contributed by atoms with van der Waals surface area (Å²) < 4.78 is 21.4. The Balaban J connectivity index is 0.983. The number of nitrogens with zero attached hydrogens (tertiary/aromatic N) is 4. The number of rotatable bonds is 8. The molecule has 13 nitrogen and oxygen atoms in total. The van der Waals surface area contributed by atoms with E-state index in [1.165, 1.54) is 4.90 Å². The lowest BCUT2D eigenvalue weighted by Gasteiger charge is -2.27. The summed E-state index contributed by atoms with van der Waals surface area (Å²) in [5.41, 5.74) is 3.05. The smallest absolute Gasteiger partial charge is 0.414 e. The van der Waals surface area contributed by atoms with Gasteiger partial charge in [0.05, 0.1) is 39.4 Å². The zero-order chi connectivity index (χ0) is 28.3. The van der Waals surface area contributed by atoms with Gasteiger partial charge < -0.3 is 39.0 Å². The van der Waals surface area contributed by atoms with Crippen LogP contribution in [-0.2, 0) is 28.5 Å². The SMILES string of the molecule is O=C1OC(CNc2ccc(N3CCOCC3=O)cc2)CN1CC1CN(c2ccc(N3CCOCC3=O)cc2)C(=O)O1. The average Bonchev–Trinajstić information content (AvgIpc) is 3.53. The number of cyclic esters (lactones) is 2. The number of morpholine rings is 2. The summed E-state index contributed by atoms with van der Waals surface area (Å²) >= 11 is 0. The molecule has 216 valence electrons. The molecule has 4 heterocycles. The normalized spacial score (nSPS) is 23.2. The van der Waals surface area contributed by atoms with Gasteiger partial charge in [-0.1, -0.05) is 0 Å². The zero-order valence-electron chi connectivity index (χ0n) is 22.4. The quantitative estimate of drug-likeness (QED) is 0.508. The minimum atomic E-state index is -0.502. The number of carbonyl (C=O) groups excluding carboxylic acids is 4. The van der Waals surface area contributed by atoms with E-state index in [1.807, 2.05) is 24.3 Å². The van der Waals surface area contributed by atoms with E-state index in [1.54, 1.807) is 39.0 Å². The maximum absolute atomic E-state index is 12.6. The molecule has 1 N–H and O–H groups in total. The Bertz CT molecular complexity index is 1300. The van der Waals surface area contributed by atoms with Gasteiger partial charge in [0.25, 0.3) is 11.8 Å². The van der Waals surface area contributed by atoms with Crippen molar-refractivity contribution >= 4 is 46.8 Å². The van der Waals surface area contributed by atoms with Crippen molar-refractivity contribution in [1.82, 2.24) is 4.90 Å². The van der Waals surface area contributed by atoms with Crippen LogP contribution in [-0.4, -0.2) is 107 Å². The maximum Gasteiger partial charge on any atom is 0.414 e. The first-order valence-electron chi connectivity index (χ1n) is 13.6. The third kappa shape index (κ3) is 5.91. The lowest BCUT2D eigenvalue weighted by atomic mass is 10.2. The second-order valence-corrected chi connectivity index (χ2v) is 10.2. The number of hydrogen-bond donors (Lipinski definition) is 1. The zero-order valence-corrected chi connectivity index (χ0v) is 22.4. The van der Waals surface area contributed by atoms with E-state index in [0.717, 1.165) is 17.1 Å². The van der Waals surface area contributed by atoms with Gasteiger partial charge in [-0.2, -0.15) is 0 Å². The topological polar surface area (TPSA) is 130 Å². The minimum Gasteiger partial charge on any atom is -0.442 e. The Morgan fingerprint density at radius 2 is 1.20 bits per heavy atom. The van der Waals surface area contributed by atoms with E-state index < -0.39 is 18.3 Å². The van der Waals surface area contributed by atoms with E-state index in [-0.39, 0.29) is 37.7 Å². The van der Waals surface area contributed by atoms with Crippen molar-refractivity contribution in [3.63, 3.8) is 0 Å². The molecular formula is C28H31N5O8. The predicted molar refractivity (Wildman–Crippen MR) is 147 cm³/mol. The summed E-state index contributed by atoms with van der Waals surface area (Å²) in [4.78, 5) is 55.7. The fourth-order valence-corrected chi connectivity index (χ4v) is 5.29. The molecule has 6 rings (SSSR count). The summed E-state index contributed by atoms with van der Waals surface area (Å²) in [7, 11) is 0. The third-order valence-corrected chi connectivity index (χ3v) is 7.41. The van der Waals surface area contributed by atoms with Gasteiger partial charge in [0.1, 0.15) is 25.4 Å². The number of hydrogen-bond acceptors (Lipinski definition) is 9. The van der Waals surface area contributed by atoms with Gasteiger partial charge >= 0.3 is 12.2 Å². The van der Waals surface area contributed by atoms with Crippen LogP contribution in [0.2, 0.25) is 0 Å². The monoisotopic (exact) mass is 565 g/mol.